The minimum atomic E-state index is 0.721. The van der Waals surface area contributed by atoms with Crippen LogP contribution in [0.1, 0.15) is 53.4 Å². The number of piperazine rings is 1. The van der Waals surface area contributed by atoms with Crippen molar-refractivity contribution in [1.82, 2.24) is 10.2 Å². The van der Waals surface area contributed by atoms with E-state index in [9.17, 15) is 0 Å². The van der Waals surface area contributed by atoms with E-state index in [0.717, 1.165) is 30.0 Å². The second kappa shape index (κ2) is 5.71. The fraction of sp³-hybridized carbons (Fsp3) is 1.00. The highest BCUT2D eigenvalue weighted by Gasteiger charge is 2.38. The summed E-state index contributed by atoms with van der Waals surface area (Å²) < 4.78 is 0. The van der Waals surface area contributed by atoms with Gasteiger partial charge in [0, 0.05) is 31.2 Å². The number of rotatable bonds is 4. The van der Waals surface area contributed by atoms with Crippen LogP contribution in [-0.4, -0.2) is 36.1 Å². The lowest BCUT2D eigenvalue weighted by molar-refractivity contribution is 0.00857. The maximum Gasteiger partial charge on any atom is 0.0221 e. The molecule has 1 heterocycles. The van der Waals surface area contributed by atoms with Crippen molar-refractivity contribution in [3.8, 4) is 0 Å². The van der Waals surface area contributed by atoms with Gasteiger partial charge in [-0.25, -0.2) is 0 Å². The first-order valence-corrected chi connectivity index (χ1v) is 7.64. The Hall–Kier alpha value is -0.0800. The Labute approximate surface area is 107 Å². The Kier molecular flexibility index (Phi) is 4.48. The molecule has 1 aliphatic carbocycles. The van der Waals surface area contributed by atoms with Crippen LogP contribution in [0.3, 0.4) is 0 Å². The van der Waals surface area contributed by atoms with Crippen LogP contribution in [0, 0.1) is 11.8 Å². The minimum absolute atomic E-state index is 0.721. The third-order valence-corrected chi connectivity index (χ3v) is 5.11. The minimum Gasteiger partial charge on any atom is -0.311 e. The molecule has 0 aromatic rings. The molecule has 0 spiro atoms. The summed E-state index contributed by atoms with van der Waals surface area (Å²) in [5.41, 5.74) is 0. The van der Waals surface area contributed by atoms with Gasteiger partial charge in [0.15, 0.2) is 0 Å². The van der Waals surface area contributed by atoms with E-state index < -0.39 is 0 Å². The molecule has 2 fully saturated rings. The van der Waals surface area contributed by atoms with Crippen LogP contribution in [0.25, 0.3) is 0 Å². The van der Waals surface area contributed by atoms with E-state index in [2.05, 4.69) is 37.9 Å². The molecule has 2 heteroatoms. The summed E-state index contributed by atoms with van der Waals surface area (Å²) in [6.45, 7) is 11.9. The summed E-state index contributed by atoms with van der Waals surface area (Å²) in [5.74, 6) is 1.78. The lowest BCUT2D eigenvalue weighted by Crippen LogP contribution is -2.62. The molecule has 3 unspecified atom stereocenters. The lowest BCUT2D eigenvalue weighted by Gasteiger charge is -2.50. The second-order valence-electron chi connectivity index (χ2n) is 6.39. The predicted octanol–water partition coefficient (Wildman–Crippen LogP) is 2.88. The van der Waals surface area contributed by atoms with Gasteiger partial charge >= 0.3 is 0 Å². The van der Waals surface area contributed by atoms with Gasteiger partial charge in [0.05, 0.1) is 0 Å². The van der Waals surface area contributed by atoms with Crippen molar-refractivity contribution in [2.75, 3.05) is 13.1 Å². The molecule has 1 saturated heterocycles. The number of hydrogen-bond donors (Lipinski definition) is 1. The van der Waals surface area contributed by atoms with Gasteiger partial charge in [-0.1, -0.05) is 34.1 Å². The first kappa shape index (κ1) is 13.4. The topological polar surface area (TPSA) is 15.3 Å². The zero-order chi connectivity index (χ0) is 12.4. The van der Waals surface area contributed by atoms with Crippen LogP contribution in [0.4, 0.5) is 0 Å². The molecular formula is C15H30N2. The van der Waals surface area contributed by atoms with Crippen molar-refractivity contribution in [2.24, 2.45) is 11.8 Å². The van der Waals surface area contributed by atoms with E-state index in [1.807, 2.05) is 0 Å². The molecule has 0 radical (unpaired) electrons. The Balaban J connectivity index is 1.94. The monoisotopic (exact) mass is 238 g/mol. The zero-order valence-electron chi connectivity index (χ0n) is 12.1. The number of nitrogens with one attached hydrogen (secondary N) is 1. The van der Waals surface area contributed by atoms with Gasteiger partial charge in [-0.15, -0.1) is 0 Å². The first-order chi connectivity index (χ1) is 8.15. The Morgan fingerprint density at radius 3 is 2.53 bits per heavy atom. The van der Waals surface area contributed by atoms with Gasteiger partial charge in [-0.2, -0.15) is 0 Å². The van der Waals surface area contributed by atoms with Gasteiger partial charge in [-0.05, 0) is 31.1 Å². The van der Waals surface area contributed by atoms with Crippen LogP contribution < -0.4 is 5.32 Å². The van der Waals surface area contributed by atoms with Gasteiger partial charge in [0.2, 0.25) is 0 Å². The Bertz CT molecular complexity index is 235. The van der Waals surface area contributed by atoms with Gasteiger partial charge in [-0.3, -0.25) is 4.90 Å². The maximum absolute atomic E-state index is 3.77. The standard InChI is InChI=1S/C15H30N2/c1-5-12(4)15-10-17(13(6-2)9-16-15)14-7-11(3)8-14/h11-16H,5-10H2,1-4H3. The first-order valence-electron chi connectivity index (χ1n) is 7.64. The van der Waals surface area contributed by atoms with Gasteiger partial charge in [0.1, 0.15) is 0 Å². The van der Waals surface area contributed by atoms with Gasteiger partial charge < -0.3 is 5.32 Å². The van der Waals surface area contributed by atoms with Crippen LogP contribution >= 0.6 is 0 Å². The Morgan fingerprint density at radius 1 is 1.29 bits per heavy atom. The Morgan fingerprint density at radius 2 is 2.00 bits per heavy atom. The molecule has 3 atom stereocenters. The van der Waals surface area contributed by atoms with Crippen molar-refractivity contribution in [3.63, 3.8) is 0 Å². The molecule has 1 saturated carbocycles. The van der Waals surface area contributed by atoms with Crippen LogP contribution in [0.5, 0.6) is 0 Å². The SMILES string of the molecule is CCC(C)C1CN(C2CC(C)C2)C(CC)CN1. The van der Waals surface area contributed by atoms with E-state index in [0.29, 0.717) is 0 Å². The molecule has 0 aromatic heterocycles. The highest BCUT2D eigenvalue weighted by molar-refractivity contribution is 4.95. The second-order valence-corrected chi connectivity index (χ2v) is 6.39. The average Bonchev–Trinajstić information content (AvgIpc) is 2.33. The summed E-state index contributed by atoms with van der Waals surface area (Å²) in [6.07, 6.45) is 5.46. The molecule has 2 aliphatic rings. The molecular weight excluding hydrogens is 208 g/mol. The molecule has 2 rings (SSSR count). The van der Waals surface area contributed by atoms with E-state index in [-0.39, 0.29) is 0 Å². The summed E-state index contributed by atoms with van der Waals surface area (Å²) in [6, 6.07) is 2.40. The zero-order valence-corrected chi connectivity index (χ0v) is 12.1. The van der Waals surface area contributed by atoms with E-state index in [1.54, 1.807) is 0 Å². The van der Waals surface area contributed by atoms with Crippen molar-refractivity contribution in [2.45, 2.75) is 71.5 Å². The van der Waals surface area contributed by atoms with E-state index in [4.69, 9.17) is 0 Å². The molecule has 0 aromatic carbocycles. The van der Waals surface area contributed by atoms with Crippen molar-refractivity contribution in [1.29, 1.82) is 0 Å². The largest absolute Gasteiger partial charge is 0.311 e. The summed E-state index contributed by atoms with van der Waals surface area (Å²) in [7, 11) is 0. The third kappa shape index (κ3) is 2.85. The lowest BCUT2D eigenvalue weighted by atomic mass is 9.79. The predicted molar refractivity (Wildman–Crippen MR) is 74.2 cm³/mol. The summed E-state index contributed by atoms with van der Waals surface area (Å²) in [4.78, 5) is 2.83. The fourth-order valence-electron chi connectivity index (χ4n) is 3.47. The van der Waals surface area contributed by atoms with Crippen LogP contribution in [0.2, 0.25) is 0 Å². The quantitative estimate of drug-likeness (QED) is 0.810. The highest BCUT2D eigenvalue weighted by atomic mass is 15.3. The average molecular weight is 238 g/mol. The maximum atomic E-state index is 3.77. The molecule has 0 bridgehead atoms. The smallest absolute Gasteiger partial charge is 0.0221 e. The van der Waals surface area contributed by atoms with Gasteiger partial charge in [0.25, 0.3) is 0 Å². The number of hydrogen-bond acceptors (Lipinski definition) is 2. The normalized spacial score (nSPS) is 40.9. The van der Waals surface area contributed by atoms with E-state index in [1.165, 1.54) is 38.8 Å². The highest BCUT2D eigenvalue weighted by Crippen LogP contribution is 2.34. The van der Waals surface area contributed by atoms with Crippen LogP contribution in [0.15, 0.2) is 0 Å². The van der Waals surface area contributed by atoms with Crippen molar-refractivity contribution >= 4 is 0 Å². The molecule has 1 N–H and O–H groups in total. The van der Waals surface area contributed by atoms with E-state index >= 15 is 0 Å². The third-order valence-electron chi connectivity index (χ3n) is 5.11. The molecule has 2 nitrogen and oxygen atoms in total. The summed E-state index contributed by atoms with van der Waals surface area (Å²) in [5, 5.41) is 3.77. The van der Waals surface area contributed by atoms with Crippen LogP contribution in [-0.2, 0) is 0 Å². The van der Waals surface area contributed by atoms with Crippen molar-refractivity contribution in [3.05, 3.63) is 0 Å². The molecule has 100 valence electrons. The molecule has 1 aliphatic heterocycles. The molecule has 17 heavy (non-hydrogen) atoms. The van der Waals surface area contributed by atoms with Crippen molar-refractivity contribution < 1.29 is 0 Å². The summed E-state index contributed by atoms with van der Waals surface area (Å²) >= 11 is 0. The molecule has 0 amide bonds. The number of nitrogens with zero attached hydrogens (tertiary/aromatic N) is 1. The fourth-order valence-corrected chi connectivity index (χ4v) is 3.47.